The Kier molecular flexibility index (Phi) is 5.52. The van der Waals surface area contributed by atoms with E-state index >= 15 is 0 Å². The molecule has 0 saturated carbocycles. The van der Waals surface area contributed by atoms with Crippen molar-refractivity contribution in [2.24, 2.45) is 0 Å². The second-order valence-electron chi connectivity index (χ2n) is 7.02. The van der Waals surface area contributed by atoms with Gasteiger partial charge in [-0.3, -0.25) is 19.3 Å². The molecule has 29 heavy (non-hydrogen) atoms. The maximum atomic E-state index is 12.6. The molecule has 1 aromatic carbocycles. The summed E-state index contributed by atoms with van der Waals surface area (Å²) in [5, 5.41) is 0.165. The predicted molar refractivity (Wildman–Crippen MR) is 112 cm³/mol. The molecule has 0 N–H and O–H groups in total. The summed E-state index contributed by atoms with van der Waals surface area (Å²) in [5.74, 6) is 0.419. The zero-order chi connectivity index (χ0) is 20.5. The highest BCUT2D eigenvalue weighted by molar-refractivity contribution is 8.18. The average molecular weight is 431 g/mol. The Morgan fingerprint density at radius 3 is 2.72 bits per heavy atom. The van der Waals surface area contributed by atoms with E-state index < -0.39 is 11.1 Å². The summed E-state index contributed by atoms with van der Waals surface area (Å²) in [6.45, 7) is 3.11. The van der Waals surface area contributed by atoms with Crippen LogP contribution < -0.4 is 0 Å². The average Bonchev–Trinajstić information content (AvgIpc) is 3.42. The molecular formula is C21H19ClN2O4S. The van der Waals surface area contributed by atoms with Gasteiger partial charge in [0.15, 0.2) is 0 Å². The zero-order valence-corrected chi connectivity index (χ0v) is 17.4. The predicted octanol–water partition coefficient (Wildman–Crippen LogP) is 4.57. The number of imide groups is 1. The van der Waals surface area contributed by atoms with Gasteiger partial charge in [0.1, 0.15) is 18.1 Å². The largest absolute Gasteiger partial charge is 0.457 e. The van der Waals surface area contributed by atoms with Crippen LogP contribution in [0, 0.1) is 6.92 Å². The summed E-state index contributed by atoms with van der Waals surface area (Å²) in [6, 6.07) is 9.06. The molecule has 3 heterocycles. The minimum Gasteiger partial charge on any atom is -0.457 e. The Hall–Kier alpha value is -2.51. The number of furan rings is 1. The van der Waals surface area contributed by atoms with Crippen LogP contribution >= 0.6 is 23.4 Å². The molecule has 6 nitrogen and oxygen atoms in total. The van der Waals surface area contributed by atoms with Crippen LogP contribution in [-0.2, 0) is 9.59 Å². The lowest BCUT2D eigenvalue weighted by Gasteiger charge is -2.18. The number of hydrogen-bond acceptors (Lipinski definition) is 5. The number of amides is 3. The number of carbonyl (C=O) groups is 3. The van der Waals surface area contributed by atoms with Crippen LogP contribution in [0.1, 0.15) is 24.2 Å². The maximum absolute atomic E-state index is 12.6. The quantitative estimate of drug-likeness (QED) is 0.664. The maximum Gasteiger partial charge on any atom is 0.294 e. The topological polar surface area (TPSA) is 70.8 Å². The molecule has 0 unspecified atom stereocenters. The van der Waals surface area contributed by atoms with Crippen molar-refractivity contribution in [3.8, 4) is 11.3 Å². The molecule has 0 radical (unpaired) electrons. The molecule has 2 saturated heterocycles. The van der Waals surface area contributed by atoms with Gasteiger partial charge in [-0.2, -0.15) is 0 Å². The van der Waals surface area contributed by atoms with Crippen molar-refractivity contribution >= 4 is 46.5 Å². The van der Waals surface area contributed by atoms with Crippen molar-refractivity contribution in [3.05, 3.63) is 51.6 Å². The molecule has 2 aliphatic heterocycles. The third-order valence-corrected chi connectivity index (χ3v) is 6.13. The van der Waals surface area contributed by atoms with Gasteiger partial charge in [0.25, 0.3) is 11.1 Å². The van der Waals surface area contributed by atoms with Crippen LogP contribution in [0.15, 0.2) is 39.7 Å². The van der Waals surface area contributed by atoms with Gasteiger partial charge in [0.2, 0.25) is 5.91 Å². The molecule has 0 aliphatic carbocycles. The highest BCUT2D eigenvalue weighted by Crippen LogP contribution is 2.34. The molecular weight excluding hydrogens is 412 g/mol. The van der Waals surface area contributed by atoms with Gasteiger partial charge in [-0.1, -0.05) is 17.7 Å². The summed E-state index contributed by atoms with van der Waals surface area (Å²) in [4.78, 5) is 40.1. The lowest BCUT2D eigenvalue weighted by Crippen LogP contribution is -2.40. The molecule has 3 amide bonds. The first kappa shape index (κ1) is 19.8. The lowest BCUT2D eigenvalue weighted by molar-refractivity contribution is -0.135. The van der Waals surface area contributed by atoms with Crippen LogP contribution in [0.2, 0.25) is 5.02 Å². The summed E-state index contributed by atoms with van der Waals surface area (Å²) >= 11 is 6.89. The molecule has 0 spiro atoms. The van der Waals surface area contributed by atoms with Crippen LogP contribution in [0.3, 0.4) is 0 Å². The van der Waals surface area contributed by atoms with Crippen molar-refractivity contribution in [1.29, 1.82) is 0 Å². The molecule has 0 bridgehead atoms. The summed E-state index contributed by atoms with van der Waals surface area (Å²) in [5.41, 5.74) is 1.87. The molecule has 1 aromatic heterocycles. The summed E-state index contributed by atoms with van der Waals surface area (Å²) in [7, 11) is 0. The van der Waals surface area contributed by atoms with E-state index in [1.807, 2.05) is 25.1 Å². The van der Waals surface area contributed by atoms with Crippen molar-refractivity contribution in [1.82, 2.24) is 9.80 Å². The van der Waals surface area contributed by atoms with Gasteiger partial charge in [-0.05, 0) is 61.4 Å². The van der Waals surface area contributed by atoms with E-state index in [0.717, 1.165) is 40.6 Å². The van der Waals surface area contributed by atoms with Gasteiger partial charge in [0.05, 0.1) is 4.91 Å². The first-order valence-corrected chi connectivity index (χ1v) is 10.5. The number of halogens is 1. The number of hydrogen-bond donors (Lipinski definition) is 0. The van der Waals surface area contributed by atoms with Crippen LogP contribution in [-0.4, -0.2) is 46.5 Å². The minimum atomic E-state index is -0.468. The Balaban J connectivity index is 1.51. The third-order valence-electron chi connectivity index (χ3n) is 4.99. The van der Waals surface area contributed by atoms with Crippen molar-refractivity contribution in [3.63, 3.8) is 0 Å². The van der Waals surface area contributed by atoms with E-state index in [1.54, 1.807) is 17.0 Å². The fraction of sp³-hybridized carbons (Fsp3) is 0.286. The lowest BCUT2D eigenvalue weighted by atomic mass is 10.1. The van der Waals surface area contributed by atoms with E-state index in [2.05, 4.69) is 0 Å². The van der Waals surface area contributed by atoms with Gasteiger partial charge in [-0.15, -0.1) is 0 Å². The number of nitrogens with zero attached hydrogens (tertiary/aromatic N) is 2. The first-order chi connectivity index (χ1) is 13.9. The van der Waals surface area contributed by atoms with E-state index in [-0.39, 0.29) is 17.4 Å². The smallest absolute Gasteiger partial charge is 0.294 e. The normalized spacial score (nSPS) is 18.3. The van der Waals surface area contributed by atoms with Gasteiger partial charge in [0, 0.05) is 29.8 Å². The Bertz CT molecular complexity index is 1020. The fourth-order valence-corrected chi connectivity index (χ4v) is 4.39. The number of likely N-dealkylation sites (tertiary alicyclic amines) is 1. The zero-order valence-electron chi connectivity index (χ0n) is 15.8. The van der Waals surface area contributed by atoms with Gasteiger partial charge < -0.3 is 9.32 Å². The molecule has 8 heteroatoms. The monoisotopic (exact) mass is 430 g/mol. The molecule has 2 aromatic rings. The SMILES string of the molecule is Cc1ccc(Cl)cc1-c1ccc(/C=C2/SC(=O)N(CC(=O)N3CCCC3)C2=O)o1. The van der Waals surface area contributed by atoms with E-state index in [0.29, 0.717) is 29.6 Å². The number of aryl methyl sites for hydroxylation is 1. The Morgan fingerprint density at radius 1 is 1.21 bits per heavy atom. The molecule has 0 atom stereocenters. The molecule has 150 valence electrons. The van der Waals surface area contributed by atoms with Crippen molar-refractivity contribution in [2.45, 2.75) is 19.8 Å². The van der Waals surface area contributed by atoms with Crippen molar-refractivity contribution < 1.29 is 18.8 Å². The summed E-state index contributed by atoms with van der Waals surface area (Å²) < 4.78 is 5.84. The minimum absolute atomic E-state index is 0.192. The van der Waals surface area contributed by atoms with Crippen LogP contribution in [0.4, 0.5) is 4.79 Å². The van der Waals surface area contributed by atoms with Crippen LogP contribution in [0.25, 0.3) is 17.4 Å². The summed E-state index contributed by atoms with van der Waals surface area (Å²) in [6.07, 6.45) is 3.45. The van der Waals surface area contributed by atoms with Gasteiger partial charge in [-0.25, -0.2) is 0 Å². The highest BCUT2D eigenvalue weighted by Gasteiger charge is 2.37. The number of benzene rings is 1. The number of rotatable bonds is 4. The number of carbonyl (C=O) groups excluding carboxylic acids is 3. The Labute approximate surface area is 177 Å². The second kappa shape index (κ2) is 8.08. The van der Waals surface area contributed by atoms with E-state index in [4.69, 9.17) is 16.0 Å². The number of thioether (sulfide) groups is 1. The van der Waals surface area contributed by atoms with Crippen LogP contribution in [0.5, 0.6) is 0 Å². The molecule has 2 aliphatic rings. The Morgan fingerprint density at radius 2 is 1.97 bits per heavy atom. The highest BCUT2D eigenvalue weighted by atomic mass is 35.5. The van der Waals surface area contributed by atoms with Gasteiger partial charge >= 0.3 is 0 Å². The van der Waals surface area contributed by atoms with E-state index in [9.17, 15) is 14.4 Å². The van der Waals surface area contributed by atoms with Crippen molar-refractivity contribution in [2.75, 3.05) is 19.6 Å². The van der Waals surface area contributed by atoms with E-state index in [1.165, 1.54) is 6.08 Å². The standard InChI is InChI=1S/C21H19ClN2O4S/c1-13-4-5-14(22)10-16(13)17-7-6-15(28-17)11-18-20(26)24(21(27)29-18)12-19(25)23-8-2-3-9-23/h4-7,10-11H,2-3,8-9,12H2,1H3/b18-11+. The molecule has 2 fully saturated rings. The third kappa shape index (κ3) is 4.11. The first-order valence-electron chi connectivity index (χ1n) is 9.32. The fourth-order valence-electron chi connectivity index (χ4n) is 3.40. The second-order valence-corrected chi connectivity index (χ2v) is 8.45. The molecule has 4 rings (SSSR count).